The van der Waals surface area contributed by atoms with Crippen molar-refractivity contribution in [2.75, 3.05) is 13.1 Å². The Balaban J connectivity index is 1.71. The van der Waals surface area contributed by atoms with Crippen LogP contribution in [0.3, 0.4) is 0 Å². The molecule has 128 valence electrons. The van der Waals surface area contributed by atoms with Crippen LogP contribution in [-0.4, -0.2) is 47.8 Å². The maximum absolute atomic E-state index is 12.7. The first-order chi connectivity index (χ1) is 11.4. The van der Waals surface area contributed by atoms with Gasteiger partial charge in [0.1, 0.15) is 6.04 Å². The van der Waals surface area contributed by atoms with Crippen molar-refractivity contribution in [3.05, 3.63) is 33.8 Å². The van der Waals surface area contributed by atoms with Gasteiger partial charge in [-0.2, -0.15) is 0 Å². The first-order valence-corrected chi connectivity index (χ1v) is 8.54. The van der Waals surface area contributed by atoms with Crippen LogP contribution in [-0.2, 0) is 9.59 Å². The third kappa shape index (κ3) is 3.65. The molecule has 0 aromatic heterocycles. The Morgan fingerprint density at radius 2 is 1.92 bits per heavy atom. The Morgan fingerprint density at radius 1 is 1.21 bits per heavy atom. The molecule has 2 saturated heterocycles. The molecule has 2 aliphatic rings. The summed E-state index contributed by atoms with van der Waals surface area (Å²) in [6.45, 7) is 0.929. The van der Waals surface area contributed by atoms with E-state index >= 15 is 0 Å². The predicted molar refractivity (Wildman–Crippen MR) is 90.1 cm³/mol. The van der Waals surface area contributed by atoms with Gasteiger partial charge in [-0.1, -0.05) is 23.2 Å². The van der Waals surface area contributed by atoms with Gasteiger partial charge in [-0.05, 0) is 31.0 Å². The summed E-state index contributed by atoms with van der Waals surface area (Å²) in [7, 11) is 0. The van der Waals surface area contributed by atoms with Crippen molar-refractivity contribution in [1.29, 1.82) is 0 Å². The van der Waals surface area contributed by atoms with Gasteiger partial charge < -0.3 is 15.5 Å². The van der Waals surface area contributed by atoms with Crippen molar-refractivity contribution in [3.63, 3.8) is 0 Å². The summed E-state index contributed by atoms with van der Waals surface area (Å²) < 4.78 is 0. The minimum atomic E-state index is -0.536. The molecule has 2 aliphatic heterocycles. The maximum Gasteiger partial charge on any atom is 0.254 e. The van der Waals surface area contributed by atoms with E-state index in [4.69, 9.17) is 23.2 Å². The molecule has 1 aromatic rings. The number of carbonyl (C=O) groups excluding carboxylic acids is 3. The average molecular weight is 370 g/mol. The number of likely N-dealkylation sites (tertiary alicyclic amines) is 1. The molecule has 1 aromatic carbocycles. The molecule has 0 radical (unpaired) electrons. The van der Waals surface area contributed by atoms with Crippen LogP contribution >= 0.6 is 23.2 Å². The lowest BCUT2D eigenvalue weighted by Crippen LogP contribution is -2.49. The van der Waals surface area contributed by atoms with E-state index in [-0.39, 0.29) is 30.2 Å². The fourth-order valence-electron chi connectivity index (χ4n) is 3.13. The van der Waals surface area contributed by atoms with Crippen LogP contribution in [0.1, 0.15) is 29.6 Å². The van der Waals surface area contributed by atoms with Crippen LogP contribution in [0.15, 0.2) is 18.2 Å². The number of halogens is 2. The molecule has 0 aliphatic carbocycles. The van der Waals surface area contributed by atoms with Gasteiger partial charge in [-0.3, -0.25) is 14.4 Å². The minimum Gasteiger partial charge on any atom is -0.354 e. The molecule has 0 saturated carbocycles. The molecule has 3 amide bonds. The molecular weight excluding hydrogens is 353 g/mol. The van der Waals surface area contributed by atoms with Crippen molar-refractivity contribution in [3.8, 4) is 0 Å². The normalized spacial score (nSPS) is 23.2. The highest BCUT2D eigenvalue weighted by molar-refractivity contribution is 6.35. The SMILES string of the molecule is O=C1C[C@@H](NC(=O)[C@@H]2CCCN2C(=O)c2cc(Cl)cc(Cl)c2)CN1. The monoisotopic (exact) mass is 369 g/mol. The van der Waals surface area contributed by atoms with Gasteiger partial charge in [0.2, 0.25) is 11.8 Å². The summed E-state index contributed by atoms with van der Waals surface area (Å²) in [5, 5.41) is 6.27. The van der Waals surface area contributed by atoms with Crippen molar-refractivity contribution in [1.82, 2.24) is 15.5 Å². The topological polar surface area (TPSA) is 78.5 Å². The van der Waals surface area contributed by atoms with Gasteiger partial charge >= 0.3 is 0 Å². The molecule has 2 atom stereocenters. The fraction of sp³-hybridized carbons (Fsp3) is 0.438. The fourth-order valence-corrected chi connectivity index (χ4v) is 3.66. The first kappa shape index (κ1) is 17.0. The molecule has 0 spiro atoms. The molecule has 0 unspecified atom stereocenters. The highest BCUT2D eigenvalue weighted by Gasteiger charge is 2.36. The number of rotatable bonds is 3. The Hall–Kier alpha value is -1.79. The van der Waals surface area contributed by atoms with E-state index in [1.165, 1.54) is 0 Å². The summed E-state index contributed by atoms with van der Waals surface area (Å²) in [4.78, 5) is 38.0. The zero-order valence-corrected chi connectivity index (χ0v) is 14.4. The lowest BCUT2D eigenvalue weighted by molar-refractivity contribution is -0.125. The third-order valence-electron chi connectivity index (χ3n) is 4.25. The summed E-state index contributed by atoms with van der Waals surface area (Å²) in [6, 6.07) is 3.89. The van der Waals surface area contributed by atoms with Gasteiger partial charge in [-0.25, -0.2) is 0 Å². The van der Waals surface area contributed by atoms with E-state index in [1.54, 1.807) is 23.1 Å². The summed E-state index contributed by atoms with van der Waals surface area (Å²) in [6.07, 6.45) is 1.62. The van der Waals surface area contributed by atoms with Crippen LogP contribution in [0, 0.1) is 0 Å². The number of nitrogens with zero attached hydrogens (tertiary/aromatic N) is 1. The molecule has 3 rings (SSSR count). The van der Waals surface area contributed by atoms with E-state index in [0.29, 0.717) is 35.1 Å². The van der Waals surface area contributed by atoms with Crippen molar-refractivity contribution < 1.29 is 14.4 Å². The smallest absolute Gasteiger partial charge is 0.254 e. The molecular formula is C16H17Cl2N3O3. The van der Waals surface area contributed by atoms with E-state index < -0.39 is 6.04 Å². The molecule has 0 bridgehead atoms. The Labute approximate surface area is 149 Å². The van der Waals surface area contributed by atoms with Crippen LogP contribution in [0.5, 0.6) is 0 Å². The van der Waals surface area contributed by atoms with Crippen LogP contribution < -0.4 is 10.6 Å². The highest BCUT2D eigenvalue weighted by Crippen LogP contribution is 2.24. The number of benzene rings is 1. The Morgan fingerprint density at radius 3 is 2.54 bits per heavy atom. The van der Waals surface area contributed by atoms with Crippen molar-refractivity contribution in [2.24, 2.45) is 0 Å². The maximum atomic E-state index is 12.7. The summed E-state index contributed by atoms with van der Waals surface area (Å²) in [5.74, 6) is -0.568. The predicted octanol–water partition coefficient (Wildman–Crippen LogP) is 1.60. The summed E-state index contributed by atoms with van der Waals surface area (Å²) >= 11 is 11.9. The number of hydrogen-bond acceptors (Lipinski definition) is 3. The van der Waals surface area contributed by atoms with Crippen LogP contribution in [0.2, 0.25) is 10.0 Å². The molecule has 8 heteroatoms. The van der Waals surface area contributed by atoms with E-state index in [9.17, 15) is 14.4 Å². The third-order valence-corrected chi connectivity index (χ3v) is 4.69. The van der Waals surface area contributed by atoms with Gasteiger partial charge in [-0.15, -0.1) is 0 Å². The first-order valence-electron chi connectivity index (χ1n) is 7.78. The zero-order chi connectivity index (χ0) is 17.3. The largest absolute Gasteiger partial charge is 0.354 e. The Kier molecular flexibility index (Phi) is 4.96. The molecule has 6 nitrogen and oxygen atoms in total. The van der Waals surface area contributed by atoms with E-state index in [1.807, 2.05) is 0 Å². The van der Waals surface area contributed by atoms with Gasteiger partial charge in [0.25, 0.3) is 5.91 Å². The van der Waals surface area contributed by atoms with Crippen LogP contribution in [0.4, 0.5) is 0 Å². The number of amides is 3. The summed E-state index contributed by atoms with van der Waals surface area (Å²) in [5.41, 5.74) is 0.366. The van der Waals surface area contributed by atoms with Gasteiger partial charge in [0, 0.05) is 35.1 Å². The van der Waals surface area contributed by atoms with E-state index in [0.717, 1.165) is 6.42 Å². The number of carbonyl (C=O) groups is 3. The lowest BCUT2D eigenvalue weighted by Gasteiger charge is -2.25. The minimum absolute atomic E-state index is 0.0757. The van der Waals surface area contributed by atoms with Gasteiger partial charge in [0.05, 0.1) is 6.04 Å². The molecule has 24 heavy (non-hydrogen) atoms. The molecule has 2 heterocycles. The molecule has 2 N–H and O–H groups in total. The van der Waals surface area contributed by atoms with E-state index in [2.05, 4.69) is 10.6 Å². The number of hydrogen-bond donors (Lipinski definition) is 2. The van der Waals surface area contributed by atoms with Crippen LogP contribution in [0.25, 0.3) is 0 Å². The second-order valence-corrected chi connectivity index (χ2v) is 6.90. The van der Waals surface area contributed by atoms with Gasteiger partial charge in [0.15, 0.2) is 0 Å². The number of nitrogens with one attached hydrogen (secondary N) is 2. The highest BCUT2D eigenvalue weighted by atomic mass is 35.5. The lowest BCUT2D eigenvalue weighted by atomic mass is 10.1. The quantitative estimate of drug-likeness (QED) is 0.849. The molecule has 2 fully saturated rings. The van der Waals surface area contributed by atoms with Crippen molar-refractivity contribution >= 4 is 40.9 Å². The second-order valence-electron chi connectivity index (χ2n) is 6.03. The zero-order valence-electron chi connectivity index (χ0n) is 12.9. The van der Waals surface area contributed by atoms with Crippen molar-refractivity contribution in [2.45, 2.75) is 31.3 Å². The standard InChI is InChI=1S/C16H17Cl2N3O3/c17-10-4-9(5-11(18)6-10)16(24)21-3-1-2-13(21)15(23)20-12-7-14(22)19-8-12/h4-6,12-13H,1-3,7-8H2,(H,19,22)(H,20,23)/t12-,13+/m1/s1. The second kappa shape index (κ2) is 6.99. The Bertz CT molecular complexity index is 675. The average Bonchev–Trinajstić information content (AvgIpc) is 3.14.